The molecular formula is C20H21N3O3. The van der Waals surface area contributed by atoms with E-state index < -0.39 is 0 Å². The lowest BCUT2D eigenvalue weighted by Gasteiger charge is -2.21. The Labute approximate surface area is 151 Å². The monoisotopic (exact) mass is 351 g/mol. The van der Waals surface area contributed by atoms with Crippen LogP contribution in [-0.2, 0) is 6.54 Å². The van der Waals surface area contributed by atoms with E-state index in [1.54, 1.807) is 0 Å². The summed E-state index contributed by atoms with van der Waals surface area (Å²) >= 11 is 0. The molecular weight excluding hydrogens is 330 g/mol. The molecule has 3 N–H and O–H groups in total. The molecule has 0 saturated carbocycles. The highest BCUT2D eigenvalue weighted by Gasteiger charge is 2.15. The van der Waals surface area contributed by atoms with Gasteiger partial charge < -0.3 is 25.1 Å². The molecule has 1 atom stereocenters. The number of nitrogens with one attached hydrogen (secondary N) is 3. The Morgan fingerprint density at radius 2 is 1.92 bits per heavy atom. The summed E-state index contributed by atoms with van der Waals surface area (Å²) in [4.78, 5) is 15.5. The van der Waals surface area contributed by atoms with Crippen molar-refractivity contribution in [3.63, 3.8) is 0 Å². The molecule has 4 rings (SSSR count). The number of aromatic nitrogens is 1. The fourth-order valence-corrected chi connectivity index (χ4v) is 3.06. The molecule has 3 aromatic rings. The molecule has 6 nitrogen and oxygen atoms in total. The van der Waals surface area contributed by atoms with Crippen molar-refractivity contribution in [2.75, 3.05) is 13.2 Å². The summed E-state index contributed by atoms with van der Waals surface area (Å²) in [6.45, 7) is 3.49. The van der Waals surface area contributed by atoms with Gasteiger partial charge in [0.1, 0.15) is 13.2 Å². The van der Waals surface area contributed by atoms with Gasteiger partial charge in [0.25, 0.3) is 0 Å². The van der Waals surface area contributed by atoms with Gasteiger partial charge in [-0.3, -0.25) is 0 Å². The smallest absolute Gasteiger partial charge is 0.315 e. The maximum Gasteiger partial charge on any atom is 0.315 e. The molecule has 1 aliphatic heterocycles. The molecule has 2 amide bonds. The third-order valence-electron chi connectivity index (χ3n) is 4.44. The number of para-hydroxylation sites is 1. The Balaban J connectivity index is 1.35. The molecule has 1 unspecified atom stereocenters. The van der Waals surface area contributed by atoms with E-state index in [4.69, 9.17) is 9.47 Å². The largest absolute Gasteiger partial charge is 0.486 e. The second-order valence-electron chi connectivity index (χ2n) is 6.33. The Morgan fingerprint density at radius 3 is 2.77 bits per heavy atom. The number of H-pyrrole nitrogens is 1. The van der Waals surface area contributed by atoms with E-state index in [9.17, 15) is 4.79 Å². The minimum absolute atomic E-state index is 0.145. The van der Waals surface area contributed by atoms with Crippen LogP contribution in [0.3, 0.4) is 0 Å². The van der Waals surface area contributed by atoms with E-state index in [1.165, 1.54) is 0 Å². The van der Waals surface area contributed by atoms with Crippen LogP contribution < -0.4 is 20.1 Å². The number of urea groups is 1. The highest BCUT2D eigenvalue weighted by atomic mass is 16.6. The van der Waals surface area contributed by atoms with Crippen LogP contribution in [-0.4, -0.2) is 24.2 Å². The van der Waals surface area contributed by atoms with Gasteiger partial charge in [0, 0.05) is 11.2 Å². The van der Waals surface area contributed by atoms with Crippen molar-refractivity contribution in [3.8, 4) is 11.5 Å². The summed E-state index contributed by atoms with van der Waals surface area (Å²) in [5, 5.41) is 6.97. The van der Waals surface area contributed by atoms with Gasteiger partial charge in [-0.15, -0.1) is 0 Å². The Bertz CT molecular complexity index is 902. The predicted molar refractivity (Wildman–Crippen MR) is 99.5 cm³/mol. The maximum atomic E-state index is 12.2. The zero-order chi connectivity index (χ0) is 17.9. The third-order valence-corrected chi connectivity index (χ3v) is 4.44. The zero-order valence-electron chi connectivity index (χ0n) is 14.5. The molecule has 2 heterocycles. The van der Waals surface area contributed by atoms with E-state index in [1.807, 2.05) is 55.5 Å². The van der Waals surface area contributed by atoms with Crippen LogP contribution in [0.25, 0.3) is 10.9 Å². The molecule has 6 heteroatoms. The van der Waals surface area contributed by atoms with Gasteiger partial charge in [0.2, 0.25) is 0 Å². The Morgan fingerprint density at radius 1 is 1.12 bits per heavy atom. The molecule has 134 valence electrons. The SMILES string of the molecule is CC(NC(=O)NCc1cc2ccccc2[nH]1)c1ccc2c(c1)OCCO2. The maximum absolute atomic E-state index is 12.2. The van der Waals surface area contributed by atoms with Gasteiger partial charge in [0.05, 0.1) is 12.6 Å². The van der Waals surface area contributed by atoms with Gasteiger partial charge in [-0.1, -0.05) is 24.3 Å². The molecule has 26 heavy (non-hydrogen) atoms. The van der Waals surface area contributed by atoms with Crippen molar-refractivity contribution in [3.05, 3.63) is 59.8 Å². The van der Waals surface area contributed by atoms with Crippen LogP contribution >= 0.6 is 0 Å². The van der Waals surface area contributed by atoms with E-state index >= 15 is 0 Å². The van der Waals surface area contributed by atoms with Crippen molar-refractivity contribution < 1.29 is 14.3 Å². The van der Waals surface area contributed by atoms with Gasteiger partial charge in [-0.25, -0.2) is 4.79 Å². The highest BCUT2D eigenvalue weighted by molar-refractivity contribution is 5.80. The first-order valence-electron chi connectivity index (χ1n) is 8.69. The minimum atomic E-state index is -0.217. The number of carbonyl (C=O) groups is 1. The zero-order valence-corrected chi connectivity index (χ0v) is 14.5. The molecule has 0 saturated heterocycles. The average Bonchev–Trinajstić information content (AvgIpc) is 3.09. The van der Waals surface area contributed by atoms with Gasteiger partial charge >= 0.3 is 6.03 Å². The molecule has 1 aromatic heterocycles. The summed E-state index contributed by atoms with van der Waals surface area (Å²) in [5.74, 6) is 1.47. The summed E-state index contributed by atoms with van der Waals surface area (Å²) in [7, 11) is 0. The predicted octanol–water partition coefficient (Wildman–Crippen LogP) is 3.50. The van der Waals surface area contributed by atoms with Crippen LogP contribution in [0.15, 0.2) is 48.5 Å². The third kappa shape index (κ3) is 3.44. The Kier molecular flexibility index (Phi) is 4.39. The van der Waals surface area contributed by atoms with Crippen molar-refractivity contribution >= 4 is 16.9 Å². The van der Waals surface area contributed by atoms with Crippen molar-refractivity contribution in [1.29, 1.82) is 0 Å². The fraction of sp³-hybridized carbons (Fsp3) is 0.250. The molecule has 0 fully saturated rings. The van der Waals surface area contributed by atoms with E-state index in [0.717, 1.165) is 33.7 Å². The van der Waals surface area contributed by atoms with Crippen LogP contribution in [0, 0.1) is 0 Å². The number of amides is 2. The van der Waals surface area contributed by atoms with Crippen LogP contribution in [0.5, 0.6) is 11.5 Å². The van der Waals surface area contributed by atoms with Crippen LogP contribution in [0.4, 0.5) is 4.79 Å². The van der Waals surface area contributed by atoms with Crippen molar-refractivity contribution in [2.24, 2.45) is 0 Å². The molecule has 2 aromatic carbocycles. The second kappa shape index (κ2) is 7.00. The first kappa shape index (κ1) is 16.3. The number of hydrogen-bond acceptors (Lipinski definition) is 3. The lowest BCUT2D eigenvalue weighted by Crippen LogP contribution is -2.36. The number of benzene rings is 2. The molecule has 0 aliphatic carbocycles. The number of carbonyl (C=O) groups excluding carboxylic acids is 1. The number of aromatic amines is 1. The summed E-state index contributed by atoms with van der Waals surface area (Å²) in [6.07, 6.45) is 0. The summed E-state index contributed by atoms with van der Waals surface area (Å²) in [6, 6.07) is 15.5. The number of rotatable bonds is 4. The normalized spacial score (nSPS) is 14.0. The molecule has 0 bridgehead atoms. The van der Waals surface area contributed by atoms with Crippen molar-refractivity contribution in [1.82, 2.24) is 15.6 Å². The van der Waals surface area contributed by atoms with E-state index in [0.29, 0.717) is 19.8 Å². The standard InChI is InChI=1S/C20H21N3O3/c1-13(14-6-7-18-19(11-14)26-9-8-25-18)22-20(24)21-12-16-10-15-4-2-3-5-17(15)23-16/h2-7,10-11,13,23H,8-9,12H2,1H3,(H2,21,22,24). The second-order valence-corrected chi connectivity index (χ2v) is 6.33. The number of fused-ring (bicyclic) bond motifs is 2. The van der Waals surface area contributed by atoms with Crippen LogP contribution in [0.1, 0.15) is 24.2 Å². The quantitative estimate of drug-likeness (QED) is 0.673. The lowest BCUT2D eigenvalue weighted by atomic mass is 10.1. The minimum Gasteiger partial charge on any atom is -0.486 e. The first-order chi connectivity index (χ1) is 12.7. The van der Waals surface area contributed by atoms with E-state index in [-0.39, 0.29) is 12.1 Å². The summed E-state index contributed by atoms with van der Waals surface area (Å²) < 4.78 is 11.1. The summed E-state index contributed by atoms with van der Waals surface area (Å²) in [5.41, 5.74) is 3.00. The lowest BCUT2D eigenvalue weighted by molar-refractivity contribution is 0.171. The average molecular weight is 351 g/mol. The first-order valence-corrected chi connectivity index (χ1v) is 8.69. The van der Waals surface area contributed by atoms with Gasteiger partial charge in [0.15, 0.2) is 11.5 Å². The van der Waals surface area contributed by atoms with Gasteiger partial charge in [-0.2, -0.15) is 0 Å². The molecule has 0 radical (unpaired) electrons. The van der Waals surface area contributed by atoms with Crippen molar-refractivity contribution in [2.45, 2.75) is 19.5 Å². The topological polar surface area (TPSA) is 75.4 Å². The number of ether oxygens (including phenoxy) is 2. The highest BCUT2D eigenvalue weighted by Crippen LogP contribution is 2.32. The van der Waals surface area contributed by atoms with E-state index in [2.05, 4.69) is 15.6 Å². The van der Waals surface area contributed by atoms with Gasteiger partial charge in [-0.05, 0) is 42.1 Å². The fourth-order valence-electron chi connectivity index (χ4n) is 3.06. The Hall–Kier alpha value is -3.15. The molecule has 0 spiro atoms. The molecule has 1 aliphatic rings. The number of hydrogen-bond donors (Lipinski definition) is 3. The van der Waals surface area contributed by atoms with Crippen LogP contribution in [0.2, 0.25) is 0 Å².